The standard InChI is InChI=1S/C21H26O5/c1-23-17-7-3-15(4-8-17)19(11-12-20-25-13-14-26-20)21(22)16-5-9-18(24-2)10-6-16/h3-10,19-22H,11-14H2,1-2H3/t19-,21+/m1/s1. The third-order valence-electron chi connectivity index (χ3n) is 4.79. The Morgan fingerprint density at radius 1 is 0.885 bits per heavy atom. The molecule has 0 amide bonds. The van der Waals surface area contributed by atoms with Gasteiger partial charge in [0.05, 0.1) is 33.5 Å². The van der Waals surface area contributed by atoms with Crippen molar-refractivity contribution in [1.29, 1.82) is 0 Å². The molecule has 2 atom stereocenters. The van der Waals surface area contributed by atoms with Crippen LogP contribution in [0.2, 0.25) is 0 Å². The van der Waals surface area contributed by atoms with Gasteiger partial charge in [0.2, 0.25) is 0 Å². The quantitative estimate of drug-likeness (QED) is 0.780. The summed E-state index contributed by atoms with van der Waals surface area (Å²) in [5.41, 5.74) is 1.92. The van der Waals surface area contributed by atoms with Crippen LogP contribution in [0.25, 0.3) is 0 Å². The third kappa shape index (κ3) is 4.55. The summed E-state index contributed by atoms with van der Waals surface area (Å²) < 4.78 is 21.6. The van der Waals surface area contributed by atoms with Crippen LogP contribution in [0.15, 0.2) is 48.5 Å². The van der Waals surface area contributed by atoms with Gasteiger partial charge in [0.1, 0.15) is 11.5 Å². The molecule has 1 aliphatic heterocycles. The second-order valence-corrected chi connectivity index (χ2v) is 6.35. The first-order valence-electron chi connectivity index (χ1n) is 8.90. The number of rotatable bonds is 8. The van der Waals surface area contributed by atoms with Gasteiger partial charge in [0.15, 0.2) is 6.29 Å². The first kappa shape index (κ1) is 18.7. The summed E-state index contributed by atoms with van der Waals surface area (Å²) in [4.78, 5) is 0. The molecule has 0 aromatic heterocycles. The van der Waals surface area contributed by atoms with Gasteiger partial charge in [-0.1, -0.05) is 24.3 Å². The monoisotopic (exact) mass is 358 g/mol. The second kappa shape index (κ2) is 9.03. The van der Waals surface area contributed by atoms with E-state index in [1.165, 1.54) is 0 Å². The molecule has 0 saturated carbocycles. The molecule has 26 heavy (non-hydrogen) atoms. The molecule has 1 N–H and O–H groups in total. The number of methoxy groups -OCH3 is 2. The average molecular weight is 358 g/mol. The van der Waals surface area contributed by atoms with Crippen molar-refractivity contribution >= 4 is 0 Å². The molecule has 1 saturated heterocycles. The number of hydrogen-bond donors (Lipinski definition) is 1. The zero-order chi connectivity index (χ0) is 18.4. The van der Waals surface area contributed by atoms with Gasteiger partial charge in [-0.25, -0.2) is 0 Å². The van der Waals surface area contributed by atoms with E-state index in [-0.39, 0.29) is 12.2 Å². The molecule has 2 aromatic carbocycles. The highest BCUT2D eigenvalue weighted by Crippen LogP contribution is 2.36. The lowest BCUT2D eigenvalue weighted by atomic mass is 9.85. The van der Waals surface area contributed by atoms with Crippen LogP contribution >= 0.6 is 0 Å². The minimum atomic E-state index is -0.629. The molecule has 0 aliphatic carbocycles. The molecule has 0 radical (unpaired) electrons. The highest BCUT2D eigenvalue weighted by molar-refractivity contribution is 5.34. The van der Waals surface area contributed by atoms with Gasteiger partial charge in [-0.2, -0.15) is 0 Å². The van der Waals surface area contributed by atoms with Crippen LogP contribution in [-0.2, 0) is 9.47 Å². The lowest BCUT2D eigenvalue weighted by Crippen LogP contribution is -2.15. The maximum Gasteiger partial charge on any atom is 0.157 e. The molecule has 5 nitrogen and oxygen atoms in total. The predicted molar refractivity (Wildman–Crippen MR) is 98.6 cm³/mol. The van der Waals surface area contributed by atoms with Crippen LogP contribution < -0.4 is 9.47 Å². The molecule has 3 rings (SSSR count). The van der Waals surface area contributed by atoms with E-state index in [2.05, 4.69) is 0 Å². The van der Waals surface area contributed by atoms with Crippen molar-refractivity contribution in [2.45, 2.75) is 31.2 Å². The van der Waals surface area contributed by atoms with Crippen molar-refractivity contribution < 1.29 is 24.1 Å². The summed E-state index contributed by atoms with van der Waals surface area (Å²) in [5, 5.41) is 11.0. The second-order valence-electron chi connectivity index (χ2n) is 6.35. The topological polar surface area (TPSA) is 57.2 Å². The van der Waals surface area contributed by atoms with Crippen molar-refractivity contribution in [2.75, 3.05) is 27.4 Å². The molecule has 5 heteroatoms. The zero-order valence-corrected chi connectivity index (χ0v) is 15.3. The fourth-order valence-corrected chi connectivity index (χ4v) is 3.28. The van der Waals surface area contributed by atoms with E-state index in [4.69, 9.17) is 18.9 Å². The predicted octanol–water partition coefficient (Wildman–Crippen LogP) is 3.67. The van der Waals surface area contributed by atoms with Crippen LogP contribution in [0.3, 0.4) is 0 Å². The summed E-state index contributed by atoms with van der Waals surface area (Å²) in [6.45, 7) is 1.28. The van der Waals surface area contributed by atoms with Gasteiger partial charge in [-0.05, 0) is 48.2 Å². The summed E-state index contributed by atoms with van der Waals surface area (Å²) in [6, 6.07) is 15.4. The van der Waals surface area contributed by atoms with Gasteiger partial charge in [0.25, 0.3) is 0 Å². The summed E-state index contributed by atoms with van der Waals surface area (Å²) in [5.74, 6) is 1.51. The van der Waals surface area contributed by atoms with Crippen molar-refractivity contribution in [3.8, 4) is 11.5 Å². The number of aliphatic hydroxyl groups is 1. The number of hydrogen-bond acceptors (Lipinski definition) is 5. The summed E-state index contributed by atoms with van der Waals surface area (Å²) in [7, 11) is 3.28. The summed E-state index contributed by atoms with van der Waals surface area (Å²) >= 11 is 0. The smallest absolute Gasteiger partial charge is 0.157 e. The molecule has 0 bridgehead atoms. The van der Waals surface area contributed by atoms with E-state index in [1.54, 1.807) is 14.2 Å². The Balaban J connectivity index is 1.79. The Bertz CT molecular complexity index is 662. The molecular formula is C21H26O5. The van der Waals surface area contributed by atoms with Gasteiger partial charge >= 0.3 is 0 Å². The van der Waals surface area contributed by atoms with Crippen LogP contribution in [0, 0.1) is 0 Å². The van der Waals surface area contributed by atoms with E-state index in [0.29, 0.717) is 13.2 Å². The molecular weight excluding hydrogens is 332 g/mol. The van der Waals surface area contributed by atoms with Crippen LogP contribution in [-0.4, -0.2) is 38.8 Å². The van der Waals surface area contributed by atoms with Gasteiger partial charge in [-0.15, -0.1) is 0 Å². The maximum absolute atomic E-state index is 11.0. The number of ether oxygens (including phenoxy) is 4. The molecule has 1 fully saturated rings. The van der Waals surface area contributed by atoms with Crippen molar-refractivity contribution in [3.05, 3.63) is 59.7 Å². The lowest BCUT2D eigenvalue weighted by Gasteiger charge is -2.25. The Labute approximate surface area is 154 Å². The van der Waals surface area contributed by atoms with E-state index in [9.17, 15) is 5.11 Å². The van der Waals surface area contributed by atoms with E-state index in [1.807, 2.05) is 48.5 Å². The van der Waals surface area contributed by atoms with Crippen molar-refractivity contribution in [3.63, 3.8) is 0 Å². The van der Waals surface area contributed by atoms with E-state index >= 15 is 0 Å². The normalized spacial score (nSPS) is 17.0. The van der Waals surface area contributed by atoms with Gasteiger partial charge < -0.3 is 24.1 Å². The van der Waals surface area contributed by atoms with Crippen LogP contribution in [0.1, 0.15) is 36.0 Å². The van der Waals surface area contributed by atoms with Gasteiger partial charge in [0, 0.05) is 5.92 Å². The first-order valence-corrected chi connectivity index (χ1v) is 8.90. The average Bonchev–Trinajstić information content (AvgIpc) is 3.22. The first-order chi connectivity index (χ1) is 12.7. The van der Waals surface area contributed by atoms with Crippen LogP contribution in [0.5, 0.6) is 11.5 Å². The minimum absolute atomic E-state index is 0.0675. The summed E-state index contributed by atoms with van der Waals surface area (Å²) in [6.07, 6.45) is 0.684. The molecule has 0 unspecified atom stereocenters. The molecule has 1 heterocycles. The Kier molecular flexibility index (Phi) is 6.50. The molecule has 1 aliphatic rings. The van der Waals surface area contributed by atoms with Gasteiger partial charge in [-0.3, -0.25) is 0 Å². The van der Waals surface area contributed by atoms with E-state index in [0.717, 1.165) is 35.5 Å². The largest absolute Gasteiger partial charge is 0.497 e. The van der Waals surface area contributed by atoms with Crippen molar-refractivity contribution in [2.24, 2.45) is 0 Å². The molecule has 2 aromatic rings. The van der Waals surface area contributed by atoms with Crippen molar-refractivity contribution in [1.82, 2.24) is 0 Å². The Hall–Kier alpha value is -2.08. The Morgan fingerprint density at radius 2 is 1.38 bits per heavy atom. The van der Waals surface area contributed by atoms with Crippen LogP contribution in [0.4, 0.5) is 0 Å². The fourth-order valence-electron chi connectivity index (χ4n) is 3.28. The number of benzene rings is 2. The minimum Gasteiger partial charge on any atom is -0.497 e. The zero-order valence-electron chi connectivity index (χ0n) is 15.3. The molecule has 140 valence electrons. The fraction of sp³-hybridized carbons (Fsp3) is 0.429. The third-order valence-corrected chi connectivity index (χ3v) is 4.79. The number of aliphatic hydroxyl groups excluding tert-OH is 1. The maximum atomic E-state index is 11.0. The highest BCUT2D eigenvalue weighted by atomic mass is 16.7. The Morgan fingerprint density at radius 3 is 1.88 bits per heavy atom. The van der Waals surface area contributed by atoms with E-state index < -0.39 is 6.10 Å². The SMILES string of the molecule is COc1ccc([C@@H](CCC2OCCO2)[C@@H](O)c2ccc(OC)cc2)cc1. The highest BCUT2D eigenvalue weighted by Gasteiger charge is 2.26. The lowest BCUT2D eigenvalue weighted by molar-refractivity contribution is -0.0509. The molecule has 0 spiro atoms.